The van der Waals surface area contributed by atoms with Gasteiger partial charge in [0.05, 0.1) is 5.75 Å². The van der Waals surface area contributed by atoms with E-state index in [4.69, 9.17) is 0 Å². The monoisotopic (exact) mass is 320 g/mol. The van der Waals surface area contributed by atoms with Crippen molar-refractivity contribution >= 4 is 10.0 Å². The third-order valence-corrected chi connectivity index (χ3v) is 4.32. The molecule has 21 heavy (non-hydrogen) atoms. The fraction of sp³-hybridized carbons (Fsp3) is 0.571. The number of sulfonamides is 1. The van der Waals surface area contributed by atoms with Crippen molar-refractivity contribution in [3.05, 3.63) is 35.4 Å². The van der Waals surface area contributed by atoms with Gasteiger partial charge in [-0.25, -0.2) is 21.9 Å². The zero-order chi connectivity index (χ0) is 15.7. The van der Waals surface area contributed by atoms with Crippen LogP contribution in [-0.4, -0.2) is 33.8 Å². The van der Waals surface area contributed by atoms with Gasteiger partial charge in [-0.2, -0.15) is 0 Å². The molecule has 0 radical (unpaired) electrons. The van der Waals surface area contributed by atoms with Gasteiger partial charge in [0, 0.05) is 12.6 Å². The van der Waals surface area contributed by atoms with Crippen LogP contribution in [0.25, 0.3) is 0 Å². The van der Waals surface area contributed by atoms with Crippen LogP contribution in [0, 0.1) is 11.6 Å². The molecular formula is C14H22F2N2O2S. The van der Waals surface area contributed by atoms with Crippen molar-refractivity contribution in [3.8, 4) is 0 Å². The summed E-state index contributed by atoms with van der Waals surface area (Å²) < 4.78 is 51.8. The van der Waals surface area contributed by atoms with Crippen molar-refractivity contribution in [2.45, 2.75) is 26.2 Å². The minimum Gasteiger partial charge on any atom is -0.317 e. The fourth-order valence-corrected chi connectivity index (χ4v) is 2.95. The van der Waals surface area contributed by atoms with Crippen molar-refractivity contribution in [3.63, 3.8) is 0 Å². The van der Waals surface area contributed by atoms with Crippen LogP contribution in [-0.2, 0) is 16.4 Å². The molecule has 0 unspecified atom stereocenters. The Kier molecular flexibility index (Phi) is 7.77. The van der Waals surface area contributed by atoms with E-state index in [0.717, 1.165) is 19.0 Å². The molecule has 7 heteroatoms. The summed E-state index contributed by atoms with van der Waals surface area (Å²) in [5.74, 6) is -1.27. The van der Waals surface area contributed by atoms with Crippen LogP contribution >= 0.6 is 0 Å². The molecule has 0 aromatic heterocycles. The van der Waals surface area contributed by atoms with E-state index in [1.807, 2.05) is 6.92 Å². The van der Waals surface area contributed by atoms with Crippen LogP contribution in [0.1, 0.15) is 25.3 Å². The third kappa shape index (κ3) is 8.08. The lowest BCUT2D eigenvalue weighted by Gasteiger charge is -2.07. The summed E-state index contributed by atoms with van der Waals surface area (Å²) in [6, 6.07) is 3.19. The van der Waals surface area contributed by atoms with Crippen LogP contribution in [0.3, 0.4) is 0 Å². The number of hydrogen-bond acceptors (Lipinski definition) is 3. The highest BCUT2D eigenvalue weighted by atomic mass is 32.2. The molecule has 0 spiro atoms. The molecule has 0 atom stereocenters. The minimum absolute atomic E-state index is 0.0429. The predicted octanol–water partition coefficient (Wildman–Crippen LogP) is 1.82. The summed E-state index contributed by atoms with van der Waals surface area (Å²) in [5.41, 5.74) is 0.430. The van der Waals surface area contributed by atoms with Crippen molar-refractivity contribution in [2.75, 3.05) is 25.4 Å². The Morgan fingerprint density at radius 1 is 1.05 bits per heavy atom. The molecule has 1 aromatic rings. The highest BCUT2D eigenvalue weighted by Gasteiger charge is 2.09. The summed E-state index contributed by atoms with van der Waals surface area (Å²) in [5, 5.41) is 3.13. The summed E-state index contributed by atoms with van der Waals surface area (Å²) in [6.07, 6.45) is 1.79. The molecule has 0 aliphatic heterocycles. The summed E-state index contributed by atoms with van der Waals surface area (Å²) in [6.45, 7) is 3.70. The zero-order valence-electron chi connectivity index (χ0n) is 12.2. The maximum absolute atomic E-state index is 13.0. The van der Waals surface area contributed by atoms with E-state index in [-0.39, 0.29) is 18.7 Å². The fourth-order valence-electron chi connectivity index (χ4n) is 1.87. The molecule has 0 amide bonds. The number of hydrogen-bond donors (Lipinski definition) is 2. The Morgan fingerprint density at radius 2 is 1.71 bits per heavy atom. The lowest BCUT2D eigenvalue weighted by atomic mass is 10.1. The van der Waals surface area contributed by atoms with E-state index in [1.165, 1.54) is 12.1 Å². The molecule has 1 rings (SSSR count). The van der Waals surface area contributed by atoms with Crippen LogP contribution in [0.2, 0.25) is 0 Å². The molecule has 0 fully saturated rings. The van der Waals surface area contributed by atoms with Gasteiger partial charge < -0.3 is 5.32 Å². The maximum Gasteiger partial charge on any atom is 0.211 e. The van der Waals surface area contributed by atoms with Gasteiger partial charge in [-0.3, -0.25) is 0 Å². The number of nitrogens with one attached hydrogen (secondary N) is 2. The average Bonchev–Trinajstić information content (AvgIpc) is 2.37. The Hall–Kier alpha value is -1.05. The summed E-state index contributed by atoms with van der Waals surface area (Å²) >= 11 is 0. The first-order chi connectivity index (χ1) is 9.93. The second-order valence-electron chi connectivity index (χ2n) is 4.84. The van der Waals surface area contributed by atoms with Gasteiger partial charge in [-0.15, -0.1) is 0 Å². The number of rotatable bonds is 10. The molecule has 4 nitrogen and oxygen atoms in total. The van der Waals surface area contributed by atoms with Gasteiger partial charge in [0.2, 0.25) is 10.0 Å². The highest BCUT2D eigenvalue weighted by molar-refractivity contribution is 7.89. The Labute approximate surface area is 125 Å². The molecule has 1 aromatic carbocycles. The summed E-state index contributed by atoms with van der Waals surface area (Å²) in [4.78, 5) is 0. The lowest BCUT2D eigenvalue weighted by Crippen LogP contribution is -2.30. The second-order valence-corrected chi connectivity index (χ2v) is 6.77. The van der Waals surface area contributed by atoms with E-state index < -0.39 is 21.7 Å². The van der Waals surface area contributed by atoms with Gasteiger partial charge in [-0.1, -0.05) is 6.92 Å². The average molecular weight is 320 g/mol. The van der Waals surface area contributed by atoms with Crippen molar-refractivity contribution in [1.82, 2.24) is 10.0 Å². The largest absolute Gasteiger partial charge is 0.317 e. The van der Waals surface area contributed by atoms with Crippen LogP contribution in [0.4, 0.5) is 8.78 Å². The molecule has 0 saturated carbocycles. The van der Waals surface area contributed by atoms with Gasteiger partial charge in [0.1, 0.15) is 11.6 Å². The molecule has 0 aliphatic carbocycles. The van der Waals surface area contributed by atoms with Crippen LogP contribution in [0.5, 0.6) is 0 Å². The van der Waals surface area contributed by atoms with Crippen LogP contribution < -0.4 is 10.0 Å². The first-order valence-corrected chi connectivity index (χ1v) is 8.71. The zero-order valence-corrected chi connectivity index (χ0v) is 13.0. The predicted molar refractivity (Wildman–Crippen MR) is 79.6 cm³/mol. The quantitative estimate of drug-likeness (QED) is 0.647. The SMILES string of the molecule is CCCNCCCS(=O)(=O)NCCc1cc(F)cc(F)c1. The second kappa shape index (κ2) is 9.07. The Bertz CT molecular complexity index is 516. The van der Waals surface area contributed by atoms with Crippen LogP contribution in [0.15, 0.2) is 18.2 Å². The number of benzene rings is 1. The number of halogens is 2. The standard InChI is InChI=1S/C14H22F2N2O2S/c1-2-5-17-6-3-8-21(19,20)18-7-4-12-9-13(15)11-14(16)10-12/h9-11,17-18H,2-8H2,1H3. The molecule has 0 aliphatic rings. The van der Waals surface area contributed by atoms with Crippen molar-refractivity contribution < 1.29 is 17.2 Å². The molecule has 2 N–H and O–H groups in total. The van der Waals surface area contributed by atoms with Gasteiger partial charge in [0.15, 0.2) is 0 Å². The molecule has 0 heterocycles. The molecule has 120 valence electrons. The van der Waals surface area contributed by atoms with Crippen molar-refractivity contribution in [2.24, 2.45) is 0 Å². The summed E-state index contributed by atoms with van der Waals surface area (Å²) in [7, 11) is -3.34. The van der Waals surface area contributed by atoms with Gasteiger partial charge in [0.25, 0.3) is 0 Å². The van der Waals surface area contributed by atoms with Crippen molar-refractivity contribution in [1.29, 1.82) is 0 Å². The highest BCUT2D eigenvalue weighted by Crippen LogP contribution is 2.08. The van der Waals surface area contributed by atoms with E-state index in [1.54, 1.807) is 0 Å². The molecule has 0 bridgehead atoms. The van der Waals surface area contributed by atoms with Gasteiger partial charge >= 0.3 is 0 Å². The first kappa shape index (κ1) is 18.0. The lowest BCUT2D eigenvalue weighted by molar-refractivity contribution is 0.572. The maximum atomic E-state index is 13.0. The molecule has 0 saturated heterocycles. The van der Waals surface area contributed by atoms with E-state index >= 15 is 0 Å². The first-order valence-electron chi connectivity index (χ1n) is 7.06. The third-order valence-electron chi connectivity index (χ3n) is 2.85. The smallest absolute Gasteiger partial charge is 0.211 e. The Morgan fingerprint density at radius 3 is 2.33 bits per heavy atom. The molecular weight excluding hydrogens is 298 g/mol. The Balaban J connectivity index is 2.29. The minimum atomic E-state index is -3.34. The van der Waals surface area contributed by atoms with E-state index in [0.29, 0.717) is 18.5 Å². The normalized spacial score (nSPS) is 11.8. The topological polar surface area (TPSA) is 58.2 Å². The van der Waals surface area contributed by atoms with E-state index in [2.05, 4.69) is 10.0 Å². The van der Waals surface area contributed by atoms with Gasteiger partial charge in [-0.05, 0) is 50.0 Å². The van der Waals surface area contributed by atoms with E-state index in [9.17, 15) is 17.2 Å².